The molecule has 2 rings (SSSR count). The molecule has 1 aromatic heterocycles. The van der Waals surface area contributed by atoms with Gasteiger partial charge in [0.15, 0.2) is 18.1 Å². The fourth-order valence-corrected chi connectivity index (χ4v) is 2.53. The van der Waals surface area contributed by atoms with E-state index in [-0.39, 0.29) is 17.0 Å². The number of benzene rings is 1. The van der Waals surface area contributed by atoms with Crippen LogP contribution in [-0.2, 0) is 0 Å². The van der Waals surface area contributed by atoms with Crippen molar-refractivity contribution < 1.29 is 41.7 Å². The standard InChI is InChI=1S/C21H24F3N3O6/c1-4-30-15-9-14(10-16(31-5-2)18(15)32-6-3)20(29)27-26-19(28)13-7-8-17(25-11-13)33-12-21(22,23)24/h7-11H,4-6,12H2,1-3H3,(H,26,28)(H,27,29). The molecule has 1 heterocycles. The molecule has 2 amide bonds. The van der Waals surface area contributed by atoms with E-state index in [1.807, 2.05) is 0 Å². The number of hydrazine groups is 1. The second-order valence-electron chi connectivity index (χ2n) is 6.30. The van der Waals surface area contributed by atoms with Crippen LogP contribution in [0.3, 0.4) is 0 Å². The van der Waals surface area contributed by atoms with Crippen LogP contribution in [0.5, 0.6) is 23.1 Å². The van der Waals surface area contributed by atoms with Crippen molar-refractivity contribution in [2.45, 2.75) is 26.9 Å². The molecule has 12 heteroatoms. The van der Waals surface area contributed by atoms with Gasteiger partial charge in [0.25, 0.3) is 11.8 Å². The van der Waals surface area contributed by atoms with Crippen LogP contribution < -0.4 is 29.8 Å². The number of ether oxygens (including phenoxy) is 4. The lowest BCUT2D eigenvalue weighted by molar-refractivity contribution is -0.154. The molecule has 0 aliphatic carbocycles. The highest BCUT2D eigenvalue weighted by Crippen LogP contribution is 2.39. The first-order valence-electron chi connectivity index (χ1n) is 10.0. The third-order valence-electron chi connectivity index (χ3n) is 3.84. The molecule has 0 fully saturated rings. The van der Waals surface area contributed by atoms with E-state index in [1.165, 1.54) is 18.2 Å². The van der Waals surface area contributed by atoms with Crippen molar-refractivity contribution in [1.82, 2.24) is 15.8 Å². The second kappa shape index (κ2) is 11.8. The molecule has 0 radical (unpaired) electrons. The van der Waals surface area contributed by atoms with Crippen LogP contribution in [0.2, 0.25) is 0 Å². The van der Waals surface area contributed by atoms with E-state index < -0.39 is 24.6 Å². The zero-order valence-electron chi connectivity index (χ0n) is 18.2. The number of halogens is 3. The zero-order valence-corrected chi connectivity index (χ0v) is 18.2. The van der Waals surface area contributed by atoms with Crippen molar-refractivity contribution in [3.63, 3.8) is 0 Å². The molecular weight excluding hydrogens is 447 g/mol. The smallest absolute Gasteiger partial charge is 0.422 e. The summed E-state index contributed by atoms with van der Waals surface area (Å²) in [6.45, 7) is 4.84. The summed E-state index contributed by atoms with van der Waals surface area (Å²) in [5.41, 5.74) is 4.58. The summed E-state index contributed by atoms with van der Waals surface area (Å²) in [4.78, 5) is 28.4. The van der Waals surface area contributed by atoms with E-state index in [1.54, 1.807) is 20.8 Å². The molecule has 9 nitrogen and oxygen atoms in total. The van der Waals surface area contributed by atoms with Crippen LogP contribution in [0, 0.1) is 0 Å². The van der Waals surface area contributed by atoms with Crippen molar-refractivity contribution in [2.75, 3.05) is 26.4 Å². The third-order valence-corrected chi connectivity index (χ3v) is 3.84. The number of nitrogens with one attached hydrogen (secondary N) is 2. The van der Waals surface area contributed by atoms with Crippen LogP contribution in [0.15, 0.2) is 30.5 Å². The minimum absolute atomic E-state index is 0.00800. The van der Waals surface area contributed by atoms with E-state index in [0.717, 1.165) is 12.3 Å². The molecule has 2 aromatic rings. The molecule has 2 N–H and O–H groups in total. The fraction of sp³-hybridized carbons (Fsp3) is 0.381. The van der Waals surface area contributed by atoms with E-state index >= 15 is 0 Å². The molecule has 0 atom stereocenters. The lowest BCUT2D eigenvalue weighted by Gasteiger charge is -2.17. The Hall–Kier alpha value is -3.70. The van der Waals surface area contributed by atoms with Crippen LogP contribution in [-0.4, -0.2) is 49.4 Å². The molecule has 0 unspecified atom stereocenters. The van der Waals surface area contributed by atoms with Crippen molar-refractivity contribution in [2.24, 2.45) is 0 Å². The largest absolute Gasteiger partial charge is 0.490 e. The Morgan fingerprint density at radius 3 is 1.85 bits per heavy atom. The van der Waals surface area contributed by atoms with E-state index in [2.05, 4.69) is 20.6 Å². The van der Waals surface area contributed by atoms with Gasteiger partial charge in [-0.15, -0.1) is 0 Å². The topological polar surface area (TPSA) is 108 Å². The highest BCUT2D eigenvalue weighted by Gasteiger charge is 2.28. The van der Waals surface area contributed by atoms with Crippen LogP contribution in [0.25, 0.3) is 0 Å². The first kappa shape index (κ1) is 25.6. The van der Waals surface area contributed by atoms with Crippen molar-refractivity contribution in [3.05, 3.63) is 41.6 Å². The van der Waals surface area contributed by atoms with Gasteiger partial charge in [-0.2, -0.15) is 13.2 Å². The van der Waals surface area contributed by atoms with E-state index in [9.17, 15) is 22.8 Å². The number of hydrogen-bond donors (Lipinski definition) is 2. The SMILES string of the molecule is CCOc1cc(C(=O)NNC(=O)c2ccc(OCC(F)(F)F)nc2)cc(OCC)c1OCC. The summed E-state index contributed by atoms with van der Waals surface area (Å²) in [6.07, 6.45) is -3.49. The van der Waals surface area contributed by atoms with Gasteiger partial charge >= 0.3 is 6.18 Å². The Bertz CT molecular complexity index is 924. The summed E-state index contributed by atoms with van der Waals surface area (Å²) in [6, 6.07) is 5.22. The molecule has 0 aliphatic rings. The Balaban J connectivity index is 2.07. The van der Waals surface area contributed by atoms with Gasteiger partial charge in [0.1, 0.15) is 0 Å². The summed E-state index contributed by atoms with van der Waals surface area (Å²) in [7, 11) is 0. The van der Waals surface area contributed by atoms with Gasteiger partial charge < -0.3 is 18.9 Å². The van der Waals surface area contributed by atoms with Gasteiger partial charge in [-0.3, -0.25) is 20.4 Å². The predicted octanol–water partition coefficient (Wildman–Crippen LogP) is 3.29. The highest BCUT2D eigenvalue weighted by atomic mass is 19.4. The molecular formula is C21H24F3N3O6. The predicted molar refractivity (Wildman–Crippen MR) is 111 cm³/mol. The minimum Gasteiger partial charge on any atom is -0.490 e. The monoisotopic (exact) mass is 471 g/mol. The molecule has 1 aromatic carbocycles. The number of hydrogen-bond acceptors (Lipinski definition) is 7. The number of carbonyl (C=O) groups excluding carboxylic acids is 2. The van der Waals surface area contributed by atoms with Crippen LogP contribution >= 0.6 is 0 Å². The maximum absolute atomic E-state index is 12.6. The highest BCUT2D eigenvalue weighted by molar-refractivity contribution is 5.99. The first-order chi connectivity index (χ1) is 15.7. The Labute approximate surface area is 188 Å². The van der Waals surface area contributed by atoms with Crippen LogP contribution in [0.1, 0.15) is 41.5 Å². The van der Waals surface area contributed by atoms with Gasteiger partial charge in [0.2, 0.25) is 11.6 Å². The number of carbonyl (C=O) groups is 2. The maximum atomic E-state index is 12.6. The maximum Gasteiger partial charge on any atom is 0.422 e. The van der Waals surface area contributed by atoms with Gasteiger partial charge in [-0.1, -0.05) is 0 Å². The molecule has 0 bridgehead atoms. The zero-order chi connectivity index (χ0) is 24.4. The number of pyridine rings is 1. The van der Waals surface area contributed by atoms with E-state index in [4.69, 9.17) is 14.2 Å². The van der Waals surface area contributed by atoms with Crippen molar-refractivity contribution >= 4 is 11.8 Å². The average Bonchev–Trinajstić information content (AvgIpc) is 2.78. The van der Waals surface area contributed by atoms with Gasteiger partial charge in [0, 0.05) is 17.8 Å². The molecule has 0 saturated carbocycles. The summed E-state index contributed by atoms with van der Waals surface area (Å²) < 4.78 is 57.7. The van der Waals surface area contributed by atoms with Crippen LogP contribution in [0.4, 0.5) is 13.2 Å². The molecule has 33 heavy (non-hydrogen) atoms. The number of nitrogens with zero attached hydrogens (tertiary/aromatic N) is 1. The number of aromatic nitrogens is 1. The Morgan fingerprint density at radius 1 is 0.848 bits per heavy atom. The summed E-state index contributed by atoms with van der Waals surface area (Å²) in [5.74, 6) is -0.721. The minimum atomic E-state index is -4.51. The number of alkyl halides is 3. The molecule has 180 valence electrons. The average molecular weight is 471 g/mol. The third kappa shape index (κ3) is 7.74. The van der Waals surface area contributed by atoms with E-state index in [0.29, 0.717) is 37.1 Å². The summed E-state index contributed by atoms with van der Waals surface area (Å²) in [5, 5.41) is 0. The van der Waals surface area contributed by atoms with Gasteiger partial charge in [-0.05, 0) is 39.0 Å². The Kier molecular flexibility index (Phi) is 9.13. The van der Waals surface area contributed by atoms with Gasteiger partial charge in [0.05, 0.1) is 25.4 Å². The lowest BCUT2D eigenvalue weighted by atomic mass is 10.1. The second-order valence-corrected chi connectivity index (χ2v) is 6.30. The quantitative estimate of drug-likeness (QED) is 0.512. The normalized spacial score (nSPS) is 10.8. The van der Waals surface area contributed by atoms with Crippen molar-refractivity contribution in [3.8, 4) is 23.1 Å². The lowest BCUT2D eigenvalue weighted by Crippen LogP contribution is -2.41. The first-order valence-corrected chi connectivity index (χ1v) is 10.0. The fourth-order valence-electron chi connectivity index (χ4n) is 2.53. The molecule has 0 aliphatic heterocycles. The van der Waals surface area contributed by atoms with Crippen molar-refractivity contribution in [1.29, 1.82) is 0 Å². The number of rotatable bonds is 10. The summed E-state index contributed by atoms with van der Waals surface area (Å²) >= 11 is 0. The molecule has 0 saturated heterocycles. The number of amides is 2. The Morgan fingerprint density at radius 2 is 1.39 bits per heavy atom. The molecule has 0 spiro atoms. The van der Waals surface area contributed by atoms with Gasteiger partial charge in [-0.25, -0.2) is 4.98 Å².